The van der Waals surface area contributed by atoms with Crippen LogP contribution in [0.3, 0.4) is 0 Å². The number of methoxy groups -OCH3 is 1. The second-order valence-corrected chi connectivity index (χ2v) is 7.38. The normalized spacial score (nSPS) is 13.2. The summed E-state index contributed by atoms with van der Waals surface area (Å²) in [6.45, 7) is 2.00. The summed E-state index contributed by atoms with van der Waals surface area (Å²) in [6, 6.07) is 9.89. The first kappa shape index (κ1) is 18.5. The van der Waals surface area contributed by atoms with Gasteiger partial charge >= 0.3 is 0 Å². The Hall–Kier alpha value is -2.34. The van der Waals surface area contributed by atoms with Crippen molar-refractivity contribution in [3.05, 3.63) is 51.7 Å². The summed E-state index contributed by atoms with van der Waals surface area (Å²) in [6.07, 6.45) is 2.20. The highest BCUT2D eigenvalue weighted by atomic mass is 32.1. The van der Waals surface area contributed by atoms with Crippen molar-refractivity contribution in [2.24, 2.45) is 0 Å². The van der Waals surface area contributed by atoms with Crippen LogP contribution in [0.4, 0.5) is 0 Å². The highest BCUT2D eigenvalue weighted by molar-refractivity contribution is 7.10. The molecule has 6 heteroatoms. The number of carbonyl (C=O) groups is 2. The molecule has 0 aliphatic carbocycles. The van der Waals surface area contributed by atoms with Gasteiger partial charge in [-0.15, -0.1) is 11.3 Å². The predicted molar refractivity (Wildman–Crippen MR) is 102 cm³/mol. The topological polar surface area (TPSA) is 58.6 Å². The molecule has 0 atom stereocenters. The Kier molecular flexibility index (Phi) is 6.28. The quantitative estimate of drug-likeness (QED) is 0.813. The Morgan fingerprint density at radius 3 is 2.77 bits per heavy atom. The lowest BCUT2D eigenvalue weighted by molar-refractivity contribution is -0.134. The molecular formula is C20H24N2O3S. The first-order chi connectivity index (χ1) is 12.7. The number of nitrogens with one attached hydrogen (secondary N) is 1. The molecule has 0 bridgehead atoms. The molecule has 0 unspecified atom stereocenters. The van der Waals surface area contributed by atoms with Crippen LogP contribution in [-0.2, 0) is 29.0 Å². The summed E-state index contributed by atoms with van der Waals surface area (Å²) in [5.41, 5.74) is 2.39. The van der Waals surface area contributed by atoms with Crippen molar-refractivity contribution in [1.29, 1.82) is 0 Å². The number of rotatable bonds is 7. The molecule has 0 fully saturated rings. The van der Waals surface area contributed by atoms with E-state index in [4.69, 9.17) is 4.74 Å². The second-order valence-electron chi connectivity index (χ2n) is 6.38. The SMILES string of the molecule is COc1ccc(CCNC(=O)CCC(=O)N2CCc3sccc3C2)cc1. The van der Waals surface area contributed by atoms with E-state index in [9.17, 15) is 9.59 Å². The van der Waals surface area contributed by atoms with Gasteiger partial charge in [0.05, 0.1) is 7.11 Å². The van der Waals surface area contributed by atoms with Gasteiger partial charge in [-0.1, -0.05) is 12.1 Å². The van der Waals surface area contributed by atoms with E-state index in [1.54, 1.807) is 18.4 Å². The molecule has 2 heterocycles. The lowest BCUT2D eigenvalue weighted by Gasteiger charge is -2.27. The third kappa shape index (κ3) is 4.85. The van der Waals surface area contributed by atoms with Gasteiger partial charge in [0.1, 0.15) is 5.75 Å². The predicted octanol–water partition coefficient (Wildman–Crippen LogP) is 2.78. The Bertz CT molecular complexity index is 755. The number of benzene rings is 1. The first-order valence-corrected chi connectivity index (χ1v) is 9.76. The molecule has 5 nitrogen and oxygen atoms in total. The maximum absolute atomic E-state index is 12.3. The molecule has 1 aromatic heterocycles. The fourth-order valence-corrected chi connectivity index (χ4v) is 3.96. The zero-order chi connectivity index (χ0) is 18.4. The summed E-state index contributed by atoms with van der Waals surface area (Å²) < 4.78 is 5.13. The lowest BCUT2D eigenvalue weighted by atomic mass is 10.1. The number of amides is 2. The van der Waals surface area contributed by atoms with E-state index in [1.165, 1.54) is 10.4 Å². The maximum atomic E-state index is 12.3. The number of hydrogen-bond acceptors (Lipinski definition) is 4. The van der Waals surface area contributed by atoms with Crippen molar-refractivity contribution in [3.63, 3.8) is 0 Å². The summed E-state index contributed by atoms with van der Waals surface area (Å²) in [5, 5.41) is 4.97. The zero-order valence-electron chi connectivity index (χ0n) is 15.0. The van der Waals surface area contributed by atoms with Crippen molar-refractivity contribution < 1.29 is 14.3 Å². The molecule has 0 spiro atoms. The van der Waals surface area contributed by atoms with Gasteiger partial charge in [0.15, 0.2) is 0 Å². The number of fused-ring (bicyclic) bond motifs is 1. The molecule has 0 saturated heterocycles. The summed E-state index contributed by atoms with van der Waals surface area (Å²) in [7, 11) is 1.64. The number of thiophene rings is 1. The van der Waals surface area contributed by atoms with Gasteiger partial charge in [0, 0.05) is 37.4 Å². The molecule has 0 saturated carbocycles. The van der Waals surface area contributed by atoms with Crippen molar-refractivity contribution in [3.8, 4) is 5.75 Å². The van der Waals surface area contributed by atoms with Gasteiger partial charge in [-0.05, 0) is 47.5 Å². The van der Waals surface area contributed by atoms with Crippen LogP contribution in [0.15, 0.2) is 35.7 Å². The third-order valence-corrected chi connectivity index (χ3v) is 5.64. The van der Waals surface area contributed by atoms with E-state index in [0.717, 1.165) is 30.7 Å². The number of ether oxygens (including phenoxy) is 1. The lowest BCUT2D eigenvalue weighted by Crippen LogP contribution is -2.36. The number of hydrogen-bond donors (Lipinski definition) is 1. The molecule has 1 N–H and O–H groups in total. The monoisotopic (exact) mass is 372 g/mol. The first-order valence-electron chi connectivity index (χ1n) is 8.88. The van der Waals surface area contributed by atoms with Gasteiger partial charge in [0.25, 0.3) is 0 Å². The molecule has 3 rings (SSSR count). The minimum Gasteiger partial charge on any atom is -0.497 e. The van der Waals surface area contributed by atoms with Gasteiger partial charge in [-0.25, -0.2) is 0 Å². The molecule has 138 valence electrons. The Labute approximate surface area is 158 Å². The van der Waals surface area contributed by atoms with E-state index < -0.39 is 0 Å². The van der Waals surface area contributed by atoms with E-state index in [1.807, 2.05) is 29.2 Å². The maximum Gasteiger partial charge on any atom is 0.223 e. The largest absolute Gasteiger partial charge is 0.497 e. The van der Waals surface area contributed by atoms with Crippen LogP contribution in [0.1, 0.15) is 28.8 Å². The van der Waals surface area contributed by atoms with Crippen LogP contribution < -0.4 is 10.1 Å². The highest BCUT2D eigenvalue weighted by Crippen LogP contribution is 2.24. The fourth-order valence-electron chi connectivity index (χ4n) is 3.07. The fraction of sp³-hybridized carbons (Fsp3) is 0.400. The van der Waals surface area contributed by atoms with Crippen LogP contribution >= 0.6 is 11.3 Å². The number of nitrogens with zero attached hydrogens (tertiary/aromatic N) is 1. The Balaban J connectivity index is 1.35. The smallest absolute Gasteiger partial charge is 0.223 e. The van der Waals surface area contributed by atoms with E-state index in [-0.39, 0.29) is 24.7 Å². The van der Waals surface area contributed by atoms with Crippen molar-refractivity contribution in [2.75, 3.05) is 20.2 Å². The van der Waals surface area contributed by atoms with Gasteiger partial charge in [0.2, 0.25) is 11.8 Å². The van der Waals surface area contributed by atoms with Crippen LogP contribution in [0, 0.1) is 0 Å². The standard InChI is InChI=1S/C20H24N2O3S/c1-25-17-4-2-15(3-5-17)8-11-21-19(23)6-7-20(24)22-12-9-18-16(14-22)10-13-26-18/h2-5,10,13H,6-9,11-12,14H2,1H3,(H,21,23). The van der Waals surface area contributed by atoms with Crippen LogP contribution in [0.5, 0.6) is 5.75 Å². The summed E-state index contributed by atoms with van der Waals surface area (Å²) in [5.74, 6) is 0.816. The average Bonchev–Trinajstić information content (AvgIpc) is 3.14. The molecule has 2 amide bonds. The molecule has 1 aliphatic heterocycles. The molecule has 1 aromatic carbocycles. The van der Waals surface area contributed by atoms with Gasteiger partial charge in [-0.3, -0.25) is 9.59 Å². The minimum atomic E-state index is -0.0694. The third-order valence-electron chi connectivity index (χ3n) is 4.62. The van der Waals surface area contributed by atoms with E-state index in [0.29, 0.717) is 13.1 Å². The van der Waals surface area contributed by atoms with Crippen molar-refractivity contribution in [2.45, 2.75) is 32.2 Å². The second kappa shape index (κ2) is 8.85. The van der Waals surface area contributed by atoms with Crippen LogP contribution in [0.25, 0.3) is 0 Å². The number of carbonyl (C=O) groups excluding carboxylic acids is 2. The van der Waals surface area contributed by atoms with E-state index in [2.05, 4.69) is 16.8 Å². The van der Waals surface area contributed by atoms with Crippen LogP contribution in [-0.4, -0.2) is 36.9 Å². The molecule has 1 aliphatic rings. The van der Waals surface area contributed by atoms with Gasteiger partial charge in [-0.2, -0.15) is 0 Å². The zero-order valence-corrected chi connectivity index (χ0v) is 15.8. The average molecular weight is 372 g/mol. The van der Waals surface area contributed by atoms with Crippen LogP contribution in [0.2, 0.25) is 0 Å². The molecule has 0 radical (unpaired) electrons. The minimum absolute atomic E-state index is 0.0622. The van der Waals surface area contributed by atoms with Crippen molar-refractivity contribution in [1.82, 2.24) is 10.2 Å². The highest BCUT2D eigenvalue weighted by Gasteiger charge is 2.21. The molecule has 26 heavy (non-hydrogen) atoms. The van der Waals surface area contributed by atoms with E-state index >= 15 is 0 Å². The molecule has 2 aromatic rings. The molecular weight excluding hydrogens is 348 g/mol. The Morgan fingerprint density at radius 1 is 1.19 bits per heavy atom. The Morgan fingerprint density at radius 2 is 2.00 bits per heavy atom. The van der Waals surface area contributed by atoms with Crippen molar-refractivity contribution >= 4 is 23.2 Å². The summed E-state index contributed by atoms with van der Waals surface area (Å²) in [4.78, 5) is 27.5. The summed E-state index contributed by atoms with van der Waals surface area (Å²) >= 11 is 1.76. The van der Waals surface area contributed by atoms with Gasteiger partial charge < -0.3 is 15.0 Å².